The van der Waals surface area contributed by atoms with Crippen LogP contribution in [0.3, 0.4) is 0 Å². The fourth-order valence-corrected chi connectivity index (χ4v) is 9.50. The highest BCUT2D eigenvalue weighted by Gasteiger charge is 2.22. The molecule has 514 valence electrons. The largest absolute Gasteiger partial charge is 0.545 e. The molecule has 91 heavy (non-hydrogen) atoms. The molecule has 9 heteroatoms. The Bertz CT molecular complexity index is 2100. The smallest absolute Gasteiger partial charge is 0.306 e. The van der Waals surface area contributed by atoms with Crippen molar-refractivity contribution >= 4 is 17.9 Å². The average Bonchev–Trinajstić information content (AvgIpc) is 3.66. The van der Waals surface area contributed by atoms with Crippen LogP contribution in [-0.2, 0) is 33.3 Å². The number of ether oxygens (including phenoxy) is 4. The van der Waals surface area contributed by atoms with Crippen LogP contribution in [0.2, 0.25) is 0 Å². The molecule has 0 aliphatic heterocycles. The summed E-state index contributed by atoms with van der Waals surface area (Å²) in [4.78, 5) is 37.5. The monoisotopic (exact) mass is 1260 g/mol. The van der Waals surface area contributed by atoms with Crippen LogP contribution in [0.15, 0.2) is 170 Å². The Labute approximate surface area is 558 Å². The van der Waals surface area contributed by atoms with E-state index in [4.69, 9.17) is 18.9 Å². The number of nitrogens with zero attached hydrogens (tertiary/aromatic N) is 1. The second-order valence-electron chi connectivity index (χ2n) is 24.8. The summed E-state index contributed by atoms with van der Waals surface area (Å²) in [7, 11) is 5.91. The van der Waals surface area contributed by atoms with Gasteiger partial charge in [-0.15, -0.1) is 0 Å². The van der Waals surface area contributed by atoms with Crippen LogP contribution in [-0.4, -0.2) is 82.3 Å². The molecule has 2 unspecified atom stereocenters. The van der Waals surface area contributed by atoms with Crippen molar-refractivity contribution < 1.29 is 42.9 Å². The van der Waals surface area contributed by atoms with Crippen LogP contribution >= 0.6 is 0 Å². The molecule has 0 saturated carbocycles. The minimum Gasteiger partial charge on any atom is -0.545 e. The number of rotatable bonds is 65. The van der Waals surface area contributed by atoms with E-state index in [0.29, 0.717) is 17.4 Å². The number of quaternary nitrogens is 1. The van der Waals surface area contributed by atoms with Crippen LogP contribution in [0.5, 0.6) is 0 Å². The molecule has 0 aliphatic carbocycles. The van der Waals surface area contributed by atoms with Crippen LogP contribution in [0.1, 0.15) is 271 Å². The highest BCUT2D eigenvalue weighted by atomic mass is 16.7. The molecular formula is C82H133NO8. The summed E-state index contributed by atoms with van der Waals surface area (Å²) in [6.07, 6.45) is 103. The van der Waals surface area contributed by atoms with Gasteiger partial charge in [0.25, 0.3) is 0 Å². The first-order chi connectivity index (χ1) is 44.6. The molecule has 0 aliphatic rings. The van der Waals surface area contributed by atoms with Gasteiger partial charge in [0.1, 0.15) is 13.2 Å². The van der Waals surface area contributed by atoms with E-state index in [0.717, 1.165) is 135 Å². The fraction of sp³-hybridized carbons (Fsp3) is 0.622. The first-order valence-electron chi connectivity index (χ1n) is 36.3. The fourth-order valence-electron chi connectivity index (χ4n) is 9.50. The molecule has 0 heterocycles. The highest BCUT2D eigenvalue weighted by Crippen LogP contribution is 2.16. The van der Waals surface area contributed by atoms with Gasteiger partial charge in [-0.25, -0.2) is 0 Å². The Morgan fingerprint density at radius 3 is 0.879 bits per heavy atom. The van der Waals surface area contributed by atoms with Crippen molar-refractivity contribution in [1.82, 2.24) is 0 Å². The van der Waals surface area contributed by atoms with Crippen molar-refractivity contribution in [3.63, 3.8) is 0 Å². The molecule has 0 spiro atoms. The lowest BCUT2D eigenvalue weighted by atomic mass is 10.0. The van der Waals surface area contributed by atoms with Gasteiger partial charge in [-0.3, -0.25) is 9.59 Å². The minimum atomic E-state index is -1.64. The normalized spacial score (nSPS) is 13.7. The number of aliphatic carboxylic acids is 1. The van der Waals surface area contributed by atoms with Crippen LogP contribution < -0.4 is 5.11 Å². The number of hydrogen-bond acceptors (Lipinski definition) is 8. The van der Waals surface area contributed by atoms with Crippen LogP contribution in [0.25, 0.3) is 0 Å². The second kappa shape index (κ2) is 70.5. The molecule has 0 radical (unpaired) electrons. The van der Waals surface area contributed by atoms with E-state index in [1.165, 1.54) is 103 Å². The number of likely N-dealkylation sites (N-methyl/N-ethyl adjacent to an activating group) is 1. The van der Waals surface area contributed by atoms with Gasteiger partial charge in [0.05, 0.1) is 40.3 Å². The molecule has 0 aromatic carbocycles. The Morgan fingerprint density at radius 1 is 0.330 bits per heavy atom. The second-order valence-corrected chi connectivity index (χ2v) is 24.8. The number of hydrogen-bond donors (Lipinski definition) is 0. The standard InChI is InChI=1S/C82H133NO8/c1-6-8-10-12-14-16-18-20-22-24-26-28-30-32-34-36-37-38-39-40-41-42-43-45-46-48-50-52-54-56-58-60-62-64-66-68-70-72-79(84)89-76-78(77-90-82(81(86)87)88-75-74-83(3,4)5)91-80(85)73-71-69-67-65-63-61-59-57-55-53-51-49-47-44-35-33-31-29-27-25-23-21-19-17-15-13-11-9-7-2/h8-11,14-17,20-23,26-29,32-35,37-38,47,49,53,55,59,61,78,82H,6-7,12-13,18-19,24-25,30-31,36,39-46,48,50-52,54,56-58,60,62-77H2,1-5H3/b10-8-,11-9-,16-14-,17-15-,22-20-,23-21-,28-26-,29-27-,34-32-,35-33-,38-37-,49-47-,55-53-,61-59-. The van der Waals surface area contributed by atoms with Crippen molar-refractivity contribution in [3.8, 4) is 0 Å². The third-order valence-corrected chi connectivity index (χ3v) is 15.0. The molecule has 9 nitrogen and oxygen atoms in total. The molecule has 0 saturated heterocycles. The molecule has 0 amide bonds. The highest BCUT2D eigenvalue weighted by molar-refractivity contribution is 5.70. The Balaban J connectivity index is 4.16. The molecule has 2 atom stereocenters. The first-order valence-corrected chi connectivity index (χ1v) is 36.3. The minimum absolute atomic E-state index is 0.134. The summed E-state index contributed by atoms with van der Waals surface area (Å²) >= 11 is 0. The lowest BCUT2D eigenvalue weighted by Gasteiger charge is -2.26. The van der Waals surface area contributed by atoms with Gasteiger partial charge >= 0.3 is 11.9 Å². The molecule has 0 N–H and O–H groups in total. The van der Waals surface area contributed by atoms with Crippen molar-refractivity contribution in [2.45, 2.75) is 283 Å². The SMILES string of the molecule is CC/C=C\C/C=C\C/C=C\C/C=C\C/C=C\C/C=C\C/C=C\C/C=C\CCCCCCC(=O)OC(COC(=O)CCCCCCCCCCCCCCCCCCCC/C=C\C/C=C\C/C=C\C/C=C\C/C=C\C/C=C\CC)COC(OCC[N+](C)(C)C)C(=O)[O-]. The van der Waals surface area contributed by atoms with E-state index in [1.54, 1.807) is 0 Å². The van der Waals surface area contributed by atoms with Gasteiger partial charge < -0.3 is 33.3 Å². The summed E-state index contributed by atoms with van der Waals surface area (Å²) in [5, 5.41) is 11.8. The van der Waals surface area contributed by atoms with Crippen molar-refractivity contribution in [3.05, 3.63) is 170 Å². The quantitative estimate of drug-likeness (QED) is 0.0195. The van der Waals surface area contributed by atoms with Crippen LogP contribution in [0.4, 0.5) is 0 Å². The summed E-state index contributed by atoms with van der Waals surface area (Å²) in [6, 6.07) is 0. The maximum Gasteiger partial charge on any atom is 0.306 e. The summed E-state index contributed by atoms with van der Waals surface area (Å²) in [6.45, 7) is 4.48. The van der Waals surface area contributed by atoms with E-state index >= 15 is 0 Å². The van der Waals surface area contributed by atoms with E-state index in [9.17, 15) is 19.5 Å². The molecule has 0 aromatic heterocycles. The summed E-state index contributed by atoms with van der Waals surface area (Å²) < 4.78 is 22.8. The van der Waals surface area contributed by atoms with E-state index in [2.05, 4.69) is 184 Å². The maximum atomic E-state index is 12.9. The number of carboxylic acids is 1. The number of carbonyl (C=O) groups is 3. The zero-order chi connectivity index (χ0) is 66.1. The lowest BCUT2D eigenvalue weighted by Crippen LogP contribution is -2.44. The van der Waals surface area contributed by atoms with E-state index in [-0.39, 0.29) is 38.6 Å². The lowest BCUT2D eigenvalue weighted by molar-refractivity contribution is -0.870. The van der Waals surface area contributed by atoms with Gasteiger partial charge in [-0.05, 0) is 128 Å². The maximum absolute atomic E-state index is 12.9. The Hall–Kier alpha value is -5.35. The van der Waals surface area contributed by atoms with Gasteiger partial charge in [0, 0.05) is 12.8 Å². The van der Waals surface area contributed by atoms with Gasteiger partial charge in [-0.1, -0.05) is 300 Å². The third-order valence-electron chi connectivity index (χ3n) is 15.0. The molecule has 0 aromatic rings. The number of unbranched alkanes of at least 4 members (excludes halogenated alkanes) is 22. The topological polar surface area (TPSA) is 111 Å². The Kier molecular flexibility index (Phi) is 66.4. The predicted molar refractivity (Wildman–Crippen MR) is 388 cm³/mol. The average molecular weight is 1260 g/mol. The Morgan fingerprint density at radius 2 is 0.593 bits per heavy atom. The zero-order valence-corrected chi connectivity index (χ0v) is 58.6. The van der Waals surface area contributed by atoms with Crippen molar-refractivity contribution in [2.24, 2.45) is 0 Å². The third kappa shape index (κ3) is 71.9. The van der Waals surface area contributed by atoms with Crippen molar-refractivity contribution in [1.29, 1.82) is 0 Å². The van der Waals surface area contributed by atoms with E-state index in [1.807, 2.05) is 21.1 Å². The molecule has 0 bridgehead atoms. The zero-order valence-electron chi connectivity index (χ0n) is 58.6. The van der Waals surface area contributed by atoms with E-state index < -0.39 is 24.3 Å². The number of esters is 2. The van der Waals surface area contributed by atoms with Crippen LogP contribution in [0, 0.1) is 0 Å². The number of carboxylic acid groups (broad SMARTS) is 1. The van der Waals surface area contributed by atoms with Gasteiger partial charge in [0.2, 0.25) is 0 Å². The van der Waals surface area contributed by atoms with Gasteiger partial charge in [-0.2, -0.15) is 0 Å². The molecule has 0 fully saturated rings. The molecular weight excluding hydrogens is 1130 g/mol. The summed E-state index contributed by atoms with van der Waals surface area (Å²) in [5.74, 6) is -2.33. The number of allylic oxidation sites excluding steroid dienone is 28. The van der Waals surface area contributed by atoms with Gasteiger partial charge in [0.15, 0.2) is 12.4 Å². The number of carbonyl (C=O) groups excluding carboxylic acids is 3. The predicted octanol–water partition coefficient (Wildman–Crippen LogP) is 21.7. The van der Waals surface area contributed by atoms with Crippen molar-refractivity contribution in [2.75, 3.05) is 47.5 Å². The first kappa shape index (κ1) is 85.7. The summed E-state index contributed by atoms with van der Waals surface area (Å²) in [5.41, 5.74) is 0. The molecule has 0 rings (SSSR count).